The van der Waals surface area contributed by atoms with Gasteiger partial charge in [-0.25, -0.2) is 0 Å². The second kappa shape index (κ2) is 6.24. The maximum Gasteiger partial charge on any atom is 0.242 e. The predicted molar refractivity (Wildman–Crippen MR) is 92.3 cm³/mol. The van der Waals surface area contributed by atoms with Gasteiger partial charge in [0.2, 0.25) is 17.7 Å². The second-order valence-electron chi connectivity index (χ2n) is 8.34. The van der Waals surface area contributed by atoms with Crippen LogP contribution in [0.2, 0.25) is 0 Å². The SMILES string of the molecule is CC(C)CN1CCN(C(=O)CN2C(=O)C3C4C=CC(C4)C3C2=O)CC1. The van der Waals surface area contributed by atoms with E-state index in [9.17, 15) is 14.4 Å². The highest BCUT2D eigenvalue weighted by molar-refractivity contribution is 6.08. The Hall–Kier alpha value is -1.69. The van der Waals surface area contributed by atoms with Crippen molar-refractivity contribution >= 4 is 17.7 Å². The molecular formula is C19H27N3O3. The number of hydrogen-bond acceptors (Lipinski definition) is 4. The maximum atomic E-state index is 12.7. The van der Waals surface area contributed by atoms with Crippen LogP contribution >= 0.6 is 0 Å². The Morgan fingerprint density at radius 3 is 2.12 bits per heavy atom. The second-order valence-corrected chi connectivity index (χ2v) is 8.34. The van der Waals surface area contributed by atoms with Crippen LogP contribution in [0.25, 0.3) is 0 Å². The Morgan fingerprint density at radius 2 is 1.60 bits per heavy atom. The zero-order valence-electron chi connectivity index (χ0n) is 15.1. The van der Waals surface area contributed by atoms with Gasteiger partial charge in [-0.1, -0.05) is 26.0 Å². The van der Waals surface area contributed by atoms with Gasteiger partial charge in [-0.15, -0.1) is 0 Å². The van der Waals surface area contributed by atoms with Crippen molar-refractivity contribution in [1.82, 2.24) is 14.7 Å². The zero-order chi connectivity index (χ0) is 17.7. The maximum absolute atomic E-state index is 12.7. The first-order chi connectivity index (χ1) is 12.0. The largest absolute Gasteiger partial charge is 0.339 e. The molecule has 2 aliphatic carbocycles. The van der Waals surface area contributed by atoms with E-state index in [2.05, 4.69) is 30.9 Å². The summed E-state index contributed by atoms with van der Waals surface area (Å²) in [4.78, 5) is 43.4. The topological polar surface area (TPSA) is 60.9 Å². The van der Waals surface area contributed by atoms with E-state index in [4.69, 9.17) is 0 Å². The van der Waals surface area contributed by atoms with Crippen molar-refractivity contribution in [2.75, 3.05) is 39.3 Å². The van der Waals surface area contributed by atoms with Gasteiger partial charge in [0.1, 0.15) is 6.54 Å². The highest BCUT2D eigenvalue weighted by Gasteiger charge is 2.59. The minimum absolute atomic E-state index is 0.0751. The third kappa shape index (κ3) is 2.80. The molecule has 0 radical (unpaired) electrons. The van der Waals surface area contributed by atoms with Crippen LogP contribution < -0.4 is 0 Å². The third-order valence-electron chi connectivity index (χ3n) is 6.20. The number of rotatable bonds is 4. The molecule has 3 amide bonds. The lowest BCUT2D eigenvalue weighted by molar-refractivity contribution is -0.147. The van der Waals surface area contributed by atoms with Crippen LogP contribution in [0.5, 0.6) is 0 Å². The molecule has 0 spiro atoms. The van der Waals surface area contributed by atoms with Crippen molar-refractivity contribution in [2.24, 2.45) is 29.6 Å². The smallest absolute Gasteiger partial charge is 0.242 e. The summed E-state index contributed by atoms with van der Waals surface area (Å²) in [5, 5.41) is 0. The first-order valence-electron chi connectivity index (χ1n) is 9.49. The molecule has 6 nitrogen and oxygen atoms in total. The summed E-state index contributed by atoms with van der Waals surface area (Å²) in [6, 6.07) is 0. The summed E-state index contributed by atoms with van der Waals surface area (Å²) in [6.45, 7) is 8.46. The lowest BCUT2D eigenvalue weighted by atomic mass is 9.85. The normalized spacial score (nSPS) is 34.5. The Balaban J connectivity index is 1.35. The number of carbonyl (C=O) groups is 3. The fourth-order valence-corrected chi connectivity index (χ4v) is 5.05. The molecule has 0 aromatic carbocycles. The van der Waals surface area contributed by atoms with E-state index in [1.807, 2.05) is 0 Å². The van der Waals surface area contributed by atoms with Crippen LogP contribution in [0.4, 0.5) is 0 Å². The monoisotopic (exact) mass is 345 g/mol. The standard InChI is InChI=1S/C19H27N3O3/c1-12(2)10-20-5-7-21(8-6-20)15(23)11-22-18(24)16-13-3-4-14(9-13)17(16)19(22)25/h3-4,12-14,16-17H,5-11H2,1-2H3. The van der Waals surface area contributed by atoms with Crippen LogP contribution in [0.3, 0.4) is 0 Å². The first-order valence-corrected chi connectivity index (χ1v) is 9.49. The number of hydrogen-bond donors (Lipinski definition) is 0. The van der Waals surface area contributed by atoms with Crippen molar-refractivity contribution in [3.8, 4) is 0 Å². The first kappa shape index (κ1) is 16.8. The molecule has 6 heteroatoms. The van der Waals surface area contributed by atoms with Gasteiger partial charge < -0.3 is 4.90 Å². The predicted octanol–water partition coefficient (Wildman–Crippen LogP) is 0.594. The molecule has 4 atom stereocenters. The van der Waals surface area contributed by atoms with Crippen LogP contribution in [-0.2, 0) is 14.4 Å². The van der Waals surface area contributed by atoms with Crippen LogP contribution in [0.15, 0.2) is 12.2 Å². The number of fused-ring (bicyclic) bond motifs is 5. The van der Waals surface area contributed by atoms with E-state index in [0.29, 0.717) is 19.0 Å². The molecule has 4 unspecified atom stereocenters. The molecule has 25 heavy (non-hydrogen) atoms. The van der Waals surface area contributed by atoms with Crippen molar-refractivity contribution in [2.45, 2.75) is 20.3 Å². The fourth-order valence-electron chi connectivity index (χ4n) is 5.05. The molecular weight excluding hydrogens is 318 g/mol. The molecule has 4 rings (SSSR count). The number of likely N-dealkylation sites (tertiary alicyclic amines) is 1. The number of nitrogens with zero attached hydrogens (tertiary/aromatic N) is 3. The van der Waals surface area contributed by atoms with Gasteiger partial charge in [-0.2, -0.15) is 0 Å². The number of amides is 3. The highest BCUT2D eigenvalue weighted by atomic mass is 16.2. The van der Waals surface area contributed by atoms with Crippen molar-refractivity contribution in [1.29, 1.82) is 0 Å². The number of carbonyl (C=O) groups excluding carboxylic acids is 3. The van der Waals surface area contributed by atoms with E-state index in [1.54, 1.807) is 4.90 Å². The summed E-state index contributed by atoms with van der Waals surface area (Å²) < 4.78 is 0. The molecule has 0 aromatic rings. The van der Waals surface area contributed by atoms with Gasteiger partial charge >= 0.3 is 0 Å². The Bertz CT molecular complexity index is 591. The van der Waals surface area contributed by atoms with Crippen molar-refractivity contribution in [3.63, 3.8) is 0 Å². The van der Waals surface area contributed by atoms with Gasteiger partial charge in [-0.3, -0.25) is 24.2 Å². The van der Waals surface area contributed by atoms with Crippen molar-refractivity contribution < 1.29 is 14.4 Å². The van der Waals surface area contributed by atoms with Crippen molar-refractivity contribution in [3.05, 3.63) is 12.2 Å². The molecule has 2 aliphatic heterocycles. The van der Waals surface area contributed by atoms with E-state index in [1.165, 1.54) is 4.90 Å². The molecule has 3 fully saturated rings. The molecule has 0 N–H and O–H groups in total. The summed E-state index contributed by atoms with van der Waals surface area (Å²) >= 11 is 0. The Labute approximate surface area is 148 Å². The van der Waals surface area contributed by atoms with E-state index < -0.39 is 0 Å². The van der Waals surface area contributed by atoms with Gasteiger partial charge in [0.15, 0.2) is 0 Å². The average molecular weight is 345 g/mol. The lowest BCUT2D eigenvalue weighted by Gasteiger charge is -2.36. The third-order valence-corrected chi connectivity index (χ3v) is 6.20. The minimum Gasteiger partial charge on any atom is -0.339 e. The van der Waals surface area contributed by atoms with Crippen LogP contribution in [0, 0.1) is 29.6 Å². The number of allylic oxidation sites excluding steroid dienone is 2. The molecule has 136 valence electrons. The van der Waals surface area contributed by atoms with Gasteiger partial charge in [-0.05, 0) is 24.2 Å². The summed E-state index contributed by atoms with van der Waals surface area (Å²) in [5.74, 6) is 0.252. The quantitative estimate of drug-likeness (QED) is 0.553. The number of piperazine rings is 1. The van der Waals surface area contributed by atoms with E-state index in [-0.39, 0.29) is 47.9 Å². The minimum atomic E-state index is -0.210. The van der Waals surface area contributed by atoms with Gasteiger partial charge in [0, 0.05) is 32.7 Å². The molecule has 0 aromatic heterocycles. The molecule has 2 saturated heterocycles. The van der Waals surface area contributed by atoms with Gasteiger partial charge in [0.25, 0.3) is 0 Å². The summed E-state index contributed by atoms with van der Waals surface area (Å²) in [6.07, 6.45) is 5.08. The van der Waals surface area contributed by atoms with E-state index >= 15 is 0 Å². The summed E-state index contributed by atoms with van der Waals surface area (Å²) in [5.41, 5.74) is 0. The molecule has 2 bridgehead atoms. The van der Waals surface area contributed by atoms with Gasteiger partial charge in [0.05, 0.1) is 11.8 Å². The lowest BCUT2D eigenvalue weighted by Crippen LogP contribution is -2.52. The average Bonchev–Trinajstić information content (AvgIpc) is 3.25. The van der Waals surface area contributed by atoms with E-state index in [0.717, 1.165) is 26.1 Å². The fraction of sp³-hybridized carbons (Fsp3) is 0.737. The Kier molecular flexibility index (Phi) is 4.18. The molecule has 4 aliphatic rings. The molecule has 2 heterocycles. The zero-order valence-corrected chi connectivity index (χ0v) is 15.1. The molecule has 1 saturated carbocycles. The Morgan fingerprint density at radius 1 is 1.04 bits per heavy atom. The van der Waals surface area contributed by atoms with Crippen LogP contribution in [-0.4, -0.2) is 71.7 Å². The highest BCUT2D eigenvalue weighted by Crippen LogP contribution is 2.52. The summed E-state index contributed by atoms with van der Waals surface area (Å²) in [7, 11) is 0. The van der Waals surface area contributed by atoms with Crippen LogP contribution in [0.1, 0.15) is 20.3 Å². The number of imide groups is 1.